The lowest BCUT2D eigenvalue weighted by Gasteiger charge is -2.34. The Balaban J connectivity index is 1.45. The Hall–Kier alpha value is -3.01. The molecule has 0 spiro atoms. The number of nitrogens with zero attached hydrogens (tertiary/aromatic N) is 2. The summed E-state index contributed by atoms with van der Waals surface area (Å²) in [6.07, 6.45) is 1.00. The zero-order chi connectivity index (χ0) is 25.2. The van der Waals surface area contributed by atoms with Crippen LogP contribution in [0.25, 0.3) is 11.0 Å². The van der Waals surface area contributed by atoms with Gasteiger partial charge in [-0.05, 0) is 47.7 Å². The predicted molar refractivity (Wildman–Crippen MR) is 136 cm³/mol. The van der Waals surface area contributed by atoms with Crippen LogP contribution in [0.15, 0.2) is 62.6 Å². The van der Waals surface area contributed by atoms with Gasteiger partial charge in [0.25, 0.3) is 0 Å². The SMILES string of the molecule is CCC(C)c1ccc(S(=O)(=O)N2CCN(Cc3cc(=O)oc4cc(NC(C)=O)ccc34)CC2)cc1. The fraction of sp³-hybridized carbons (Fsp3) is 0.385. The highest BCUT2D eigenvalue weighted by Gasteiger charge is 2.29. The first-order valence-electron chi connectivity index (χ1n) is 11.8. The van der Waals surface area contributed by atoms with Crippen LogP contribution < -0.4 is 10.9 Å². The Kier molecular flexibility index (Phi) is 7.39. The number of hydrogen-bond acceptors (Lipinski definition) is 6. The van der Waals surface area contributed by atoms with Crippen LogP contribution in [0.1, 0.15) is 44.2 Å². The van der Waals surface area contributed by atoms with Gasteiger partial charge in [-0.3, -0.25) is 9.69 Å². The second-order valence-electron chi connectivity index (χ2n) is 9.04. The monoisotopic (exact) mass is 497 g/mol. The molecule has 1 aromatic heterocycles. The highest BCUT2D eigenvalue weighted by Crippen LogP contribution is 2.25. The molecule has 3 aromatic rings. The van der Waals surface area contributed by atoms with Crippen molar-refractivity contribution < 1.29 is 17.6 Å². The van der Waals surface area contributed by atoms with Gasteiger partial charge in [-0.15, -0.1) is 0 Å². The Labute approximate surface area is 205 Å². The van der Waals surface area contributed by atoms with Gasteiger partial charge < -0.3 is 9.73 Å². The molecule has 0 saturated carbocycles. The topological polar surface area (TPSA) is 99.9 Å². The lowest BCUT2D eigenvalue weighted by molar-refractivity contribution is -0.114. The van der Waals surface area contributed by atoms with Crippen molar-refractivity contribution in [2.75, 3.05) is 31.5 Å². The minimum atomic E-state index is -3.56. The van der Waals surface area contributed by atoms with Crippen molar-refractivity contribution in [1.82, 2.24) is 9.21 Å². The minimum absolute atomic E-state index is 0.206. The Bertz CT molecular complexity index is 1370. The molecule has 1 aliphatic heterocycles. The Morgan fingerprint density at radius 3 is 2.37 bits per heavy atom. The summed E-state index contributed by atoms with van der Waals surface area (Å²) in [5, 5.41) is 3.47. The number of sulfonamides is 1. The van der Waals surface area contributed by atoms with Gasteiger partial charge in [0.1, 0.15) is 5.58 Å². The molecular weight excluding hydrogens is 466 g/mol. The van der Waals surface area contributed by atoms with Crippen LogP contribution in [-0.2, 0) is 21.4 Å². The third kappa shape index (κ3) is 5.63. The maximum absolute atomic E-state index is 13.2. The third-order valence-corrected chi connectivity index (χ3v) is 8.49. The van der Waals surface area contributed by atoms with Crippen molar-refractivity contribution in [3.05, 3.63) is 70.1 Å². The van der Waals surface area contributed by atoms with E-state index < -0.39 is 15.6 Å². The van der Waals surface area contributed by atoms with Gasteiger partial charge in [-0.1, -0.05) is 26.0 Å². The molecule has 1 N–H and O–H groups in total. The molecule has 186 valence electrons. The molecule has 2 heterocycles. The van der Waals surface area contributed by atoms with Crippen molar-refractivity contribution in [2.45, 2.75) is 44.6 Å². The standard InChI is InChI=1S/C26H31N3O5S/c1-4-18(2)20-5-8-23(9-6-20)35(32,33)29-13-11-28(12-14-29)17-21-15-26(31)34-25-16-22(27-19(3)30)7-10-24(21)25/h5-10,15-16,18H,4,11-14,17H2,1-3H3,(H,27,30). The van der Waals surface area contributed by atoms with Crippen LogP contribution in [0.4, 0.5) is 5.69 Å². The van der Waals surface area contributed by atoms with Crippen molar-refractivity contribution in [3.63, 3.8) is 0 Å². The average molecular weight is 498 g/mol. The summed E-state index contributed by atoms with van der Waals surface area (Å²) in [6.45, 7) is 8.01. The first-order chi connectivity index (χ1) is 16.7. The largest absolute Gasteiger partial charge is 0.423 e. The lowest BCUT2D eigenvalue weighted by Crippen LogP contribution is -2.48. The molecule has 0 aliphatic carbocycles. The Morgan fingerprint density at radius 1 is 1.06 bits per heavy atom. The molecule has 1 unspecified atom stereocenters. The second kappa shape index (κ2) is 10.3. The van der Waals surface area contributed by atoms with Gasteiger partial charge in [0, 0.05) is 62.9 Å². The Morgan fingerprint density at radius 2 is 1.74 bits per heavy atom. The molecule has 1 amide bonds. The van der Waals surface area contributed by atoms with Crippen LogP contribution in [-0.4, -0.2) is 49.7 Å². The highest BCUT2D eigenvalue weighted by atomic mass is 32.2. The number of hydrogen-bond donors (Lipinski definition) is 1. The fourth-order valence-corrected chi connectivity index (χ4v) is 5.79. The molecule has 1 fully saturated rings. The minimum Gasteiger partial charge on any atom is -0.423 e. The van der Waals surface area contributed by atoms with E-state index in [1.807, 2.05) is 18.2 Å². The molecule has 0 radical (unpaired) electrons. The first-order valence-corrected chi connectivity index (χ1v) is 13.3. The molecule has 35 heavy (non-hydrogen) atoms. The summed E-state index contributed by atoms with van der Waals surface area (Å²) in [6, 6.07) is 13.9. The molecule has 1 aliphatic rings. The van der Waals surface area contributed by atoms with E-state index in [0.717, 1.165) is 22.9 Å². The molecule has 4 rings (SSSR count). The van der Waals surface area contributed by atoms with E-state index in [2.05, 4.69) is 24.1 Å². The van der Waals surface area contributed by atoms with Crippen molar-refractivity contribution in [1.29, 1.82) is 0 Å². The van der Waals surface area contributed by atoms with E-state index in [9.17, 15) is 18.0 Å². The average Bonchev–Trinajstić information content (AvgIpc) is 2.83. The number of rotatable bonds is 7. The normalized spacial score (nSPS) is 16.3. The van der Waals surface area contributed by atoms with Crippen molar-refractivity contribution in [2.24, 2.45) is 0 Å². The number of nitrogens with one attached hydrogen (secondary N) is 1. The summed E-state index contributed by atoms with van der Waals surface area (Å²) in [5.74, 6) is 0.186. The van der Waals surface area contributed by atoms with E-state index in [0.29, 0.717) is 54.8 Å². The number of amides is 1. The van der Waals surface area contributed by atoms with Gasteiger partial charge in [0.05, 0.1) is 4.90 Å². The number of benzene rings is 2. The van der Waals surface area contributed by atoms with Gasteiger partial charge in [0.15, 0.2) is 0 Å². The molecular formula is C26H31N3O5S. The molecule has 8 nitrogen and oxygen atoms in total. The van der Waals surface area contributed by atoms with Gasteiger partial charge in [-0.2, -0.15) is 4.31 Å². The van der Waals surface area contributed by atoms with E-state index in [4.69, 9.17) is 4.42 Å². The van der Waals surface area contributed by atoms with Gasteiger partial charge in [-0.25, -0.2) is 13.2 Å². The van der Waals surface area contributed by atoms with Crippen molar-refractivity contribution >= 4 is 32.6 Å². The molecule has 9 heteroatoms. The van der Waals surface area contributed by atoms with E-state index in [1.165, 1.54) is 17.3 Å². The number of fused-ring (bicyclic) bond motifs is 1. The summed E-state index contributed by atoms with van der Waals surface area (Å²) >= 11 is 0. The fourth-order valence-electron chi connectivity index (χ4n) is 4.36. The predicted octanol–water partition coefficient (Wildman–Crippen LogP) is 3.77. The van der Waals surface area contributed by atoms with Crippen LogP contribution >= 0.6 is 0 Å². The van der Waals surface area contributed by atoms with Gasteiger partial charge in [0.2, 0.25) is 15.9 Å². The highest BCUT2D eigenvalue weighted by molar-refractivity contribution is 7.89. The summed E-state index contributed by atoms with van der Waals surface area (Å²) in [7, 11) is -3.56. The maximum atomic E-state index is 13.2. The third-order valence-electron chi connectivity index (χ3n) is 6.58. The molecule has 0 bridgehead atoms. The van der Waals surface area contributed by atoms with Crippen LogP contribution in [0.2, 0.25) is 0 Å². The van der Waals surface area contributed by atoms with Crippen LogP contribution in [0.3, 0.4) is 0 Å². The van der Waals surface area contributed by atoms with Crippen LogP contribution in [0.5, 0.6) is 0 Å². The number of carbonyl (C=O) groups is 1. The van der Waals surface area contributed by atoms with Crippen LogP contribution in [0, 0.1) is 0 Å². The number of carbonyl (C=O) groups excluding carboxylic acids is 1. The lowest BCUT2D eigenvalue weighted by atomic mass is 9.99. The summed E-state index contributed by atoms with van der Waals surface area (Å²) < 4.78 is 33.2. The zero-order valence-electron chi connectivity index (χ0n) is 20.3. The second-order valence-corrected chi connectivity index (χ2v) is 11.0. The van der Waals surface area contributed by atoms with Gasteiger partial charge >= 0.3 is 5.63 Å². The smallest absolute Gasteiger partial charge is 0.336 e. The summed E-state index contributed by atoms with van der Waals surface area (Å²) in [5.41, 5.74) is 2.44. The van der Waals surface area contributed by atoms with E-state index >= 15 is 0 Å². The quantitative estimate of drug-likeness (QED) is 0.499. The zero-order valence-corrected chi connectivity index (χ0v) is 21.1. The number of anilines is 1. The van der Waals surface area contributed by atoms with E-state index in [-0.39, 0.29) is 5.91 Å². The number of piperazine rings is 1. The maximum Gasteiger partial charge on any atom is 0.336 e. The molecule has 1 atom stereocenters. The van der Waals surface area contributed by atoms with E-state index in [1.54, 1.807) is 24.3 Å². The van der Waals surface area contributed by atoms with Crippen molar-refractivity contribution in [3.8, 4) is 0 Å². The first kappa shape index (κ1) is 25.1. The summed E-state index contributed by atoms with van der Waals surface area (Å²) in [4.78, 5) is 25.9. The molecule has 1 saturated heterocycles. The molecule has 2 aromatic carbocycles.